The van der Waals surface area contributed by atoms with Crippen LogP contribution >= 0.6 is 11.8 Å². The highest BCUT2D eigenvalue weighted by molar-refractivity contribution is 8.04. The quantitative estimate of drug-likeness (QED) is 0.506. The predicted molar refractivity (Wildman–Crippen MR) is 127 cm³/mol. The number of rotatable bonds is 4. The van der Waals surface area contributed by atoms with E-state index in [2.05, 4.69) is 47.4 Å². The minimum absolute atomic E-state index is 0.0243. The molecular weight excluding hydrogens is 408 g/mol. The number of aryl methyl sites for hydroxylation is 1. The number of benzene rings is 1. The standard InChI is InChI=1S/C24H26N4O2S/c1-14-5-6-17(27-23(30)19-7-8-20(31-19)24(2,3)4)12-18(14)28-22(29)16-11-15-9-10-25-21(15)26-13-16/h5-6,8-13,19H,7H2,1-4H3,(H,25,26)(H,27,30)(H,28,29). The zero-order chi connectivity index (χ0) is 22.2. The number of anilines is 2. The van der Waals surface area contributed by atoms with E-state index in [1.807, 2.05) is 25.1 Å². The van der Waals surface area contributed by atoms with Crippen LogP contribution in [0.25, 0.3) is 11.0 Å². The van der Waals surface area contributed by atoms with Gasteiger partial charge in [-0.25, -0.2) is 4.98 Å². The Morgan fingerprint density at radius 2 is 1.97 bits per heavy atom. The SMILES string of the molecule is Cc1ccc(NC(=O)C2CC=C(C(C)(C)C)S2)cc1NC(=O)c1cnc2[nH]ccc2c1. The molecule has 1 aliphatic rings. The van der Waals surface area contributed by atoms with Crippen LogP contribution in [0.3, 0.4) is 0 Å². The van der Waals surface area contributed by atoms with Gasteiger partial charge in [-0.05, 0) is 53.5 Å². The van der Waals surface area contributed by atoms with E-state index >= 15 is 0 Å². The molecule has 0 spiro atoms. The van der Waals surface area contributed by atoms with Gasteiger partial charge in [0, 0.05) is 29.2 Å². The average Bonchev–Trinajstić information content (AvgIpc) is 3.39. The van der Waals surface area contributed by atoms with Crippen LogP contribution in [0.2, 0.25) is 0 Å². The van der Waals surface area contributed by atoms with Crippen molar-refractivity contribution in [2.75, 3.05) is 10.6 Å². The highest BCUT2D eigenvalue weighted by atomic mass is 32.2. The molecule has 3 aromatic rings. The van der Waals surface area contributed by atoms with Crippen LogP contribution in [0, 0.1) is 12.3 Å². The number of H-pyrrole nitrogens is 1. The Kier molecular flexibility index (Phi) is 5.62. The lowest BCUT2D eigenvalue weighted by molar-refractivity contribution is -0.115. The highest BCUT2D eigenvalue weighted by Gasteiger charge is 2.30. The molecule has 0 aliphatic carbocycles. The lowest BCUT2D eigenvalue weighted by atomic mass is 9.95. The third-order valence-corrected chi connectivity index (χ3v) is 6.96. The molecule has 31 heavy (non-hydrogen) atoms. The van der Waals surface area contributed by atoms with Crippen LogP contribution in [0.15, 0.2) is 53.7 Å². The van der Waals surface area contributed by atoms with Crippen molar-refractivity contribution in [1.82, 2.24) is 9.97 Å². The molecule has 7 heteroatoms. The maximum Gasteiger partial charge on any atom is 0.257 e. The van der Waals surface area contributed by atoms with Crippen LogP contribution in [0.1, 0.15) is 43.1 Å². The first-order valence-corrected chi connectivity index (χ1v) is 11.1. The summed E-state index contributed by atoms with van der Waals surface area (Å²) >= 11 is 1.63. The first kappa shape index (κ1) is 21.2. The Labute approximate surface area is 185 Å². The lowest BCUT2D eigenvalue weighted by Crippen LogP contribution is -2.23. The molecule has 2 amide bonds. The fourth-order valence-electron chi connectivity index (χ4n) is 3.42. The van der Waals surface area contributed by atoms with Crippen molar-refractivity contribution in [2.45, 2.75) is 39.4 Å². The molecule has 160 valence electrons. The molecule has 0 bridgehead atoms. The second-order valence-electron chi connectivity index (χ2n) is 8.77. The molecule has 2 aromatic heterocycles. The van der Waals surface area contributed by atoms with Crippen molar-refractivity contribution in [2.24, 2.45) is 5.41 Å². The van der Waals surface area contributed by atoms with Gasteiger partial charge in [-0.1, -0.05) is 32.9 Å². The zero-order valence-electron chi connectivity index (χ0n) is 18.1. The van der Waals surface area contributed by atoms with Gasteiger partial charge in [-0.2, -0.15) is 0 Å². The lowest BCUT2D eigenvalue weighted by Gasteiger charge is -2.20. The average molecular weight is 435 g/mol. The molecule has 0 radical (unpaired) electrons. The Bertz CT molecular complexity index is 1190. The molecule has 0 saturated heterocycles. The van der Waals surface area contributed by atoms with Crippen LogP contribution in [0.5, 0.6) is 0 Å². The Hall–Kier alpha value is -3.06. The predicted octanol–water partition coefficient (Wildman–Crippen LogP) is 5.50. The largest absolute Gasteiger partial charge is 0.346 e. The summed E-state index contributed by atoms with van der Waals surface area (Å²) in [7, 11) is 0. The molecular formula is C24H26N4O2S. The zero-order valence-corrected chi connectivity index (χ0v) is 18.9. The fourth-order valence-corrected chi connectivity index (χ4v) is 4.63. The van der Waals surface area contributed by atoms with Gasteiger partial charge in [0.1, 0.15) is 5.65 Å². The number of hydrogen-bond acceptors (Lipinski definition) is 4. The van der Waals surface area contributed by atoms with Crippen molar-refractivity contribution >= 4 is 46.0 Å². The van der Waals surface area contributed by atoms with Crippen molar-refractivity contribution < 1.29 is 9.59 Å². The van der Waals surface area contributed by atoms with E-state index < -0.39 is 0 Å². The minimum Gasteiger partial charge on any atom is -0.346 e. The molecule has 1 aliphatic heterocycles. The first-order valence-electron chi connectivity index (χ1n) is 10.2. The maximum atomic E-state index is 12.8. The number of fused-ring (bicyclic) bond motifs is 1. The molecule has 6 nitrogen and oxygen atoms in total. The molecule has 1 unspecified atom stereocenters. The normalized spacial score (nSPS) is 16.3. The number of thioether (sulfide) groups is 1. The minimum atomic E-state index is -0.243. The summed E-state index contributed by atoms with van der Waals surface area (Å²) in [4.78, 5) is 34.0. The number of aromatic nitrogens is 2. The van der Waals surface area contributed by atoms with E-state index in [4.69, 9.17) is 0 Å². The summed E-state index contributed by atoms with van der Waals surface area (Å²) < 4.78 is 0. The first-order chi connectivity index (χ1) is 14.7. The molecule has 1 aromatic carbocycles. The van der Waals surface area contributed by atoms with E-state index in [1.165, 1.54) is 4.91 Å². The summed E-state index contributed by atoms with van der Waals surface area (Å²) in [6.07, 6.45) is 6.22. The van der Waals surface area contributed by atoms with Gasteiger partial charge < -0.3 is 15.6 Å². The summed E-state index contributed by atoms with van der Waals surface area (Å²) in [5, 5.41) is 6.68. The van der Waals surface area contributed by atoms with Crippen LogP contribution in [-0.4, -0.2) is 27.0 Å². The van der Waals surface area contributed by atoms with E-state index in [1.54, 1.807) is 36.3 Å². The number of pyridine rings is 1. The van der Waals surface area contributed by atoms with Crippen LogP contribution < -0.4 is 10.6 Å². The van der Waals surface area contributed by atoms with Gasteiger partial charge >= 0.3 is 0 Å². The molecule has 3 heterocycles. The molecule has 4 rings (SSSR count). The Morgan fingerprint density at radius 1 is 1.16 bits per heavy atom. The van der Waals surface area contributed by atoms with E-state index in [0.29, 0.717) is 16.9 Å². The monoisotopic (exact) mass is 434 g/mol. The van der Waals surface area contributed by atoms with Gasteiger partial charge in [0.15, 0.2) is 0 Å². The molecule has 3 N–H and O–H groups in total. The van der Waals surface area contributed by atoms with E-state index in [0.717, 1.165) is 23.0 Å². The van der Waals surface area contributed by atoms with Gasteiger partial charge in [-0.15, -0.1) is 11.8 Å². The third-order valence-electron chi connectivity index (χ3n) is 5.23. The van der Waals surface area contributed by atoms with E-state index in [-0.39, 0.29) is 22.5 Å². The van der Waals surface area contributed by atoms with Gasteiger partial charge in [0.25, 0.3) is 5.91 Å². The number of aromatic amines is 1. The number of carbonyl (C=O) groups excluding carboxylic acids is 2. The molecule has 1 atom stereocenters. The summed E-state index contributed by atoms with van der Waals surface area (Å²) in [6.45, 7) is 8.39. The number of carbonyl (C=O) groups is 2. The van der Waals surface area contributed by atoms with Crippen molar-refractivity contribution in [3.63, 3.8) is 0 Å². The smallest absolute Gasteiger partial charge is 0.257 e. The highest BCUT2D eigenvalue weighted by Crippen LogP contribution is 2.43. The number of amides is 2. The van der Waals surface area contributed by atoms with Crippen molar-refractivity contribution in [3.05, 3.63) is 64.8 Å². The van der Waals surface area contributed by atoms with Crippen molar-refractivity contribution in [3.8, 4) is 0 Å². The summed E-state index contributed by atoms with van der Waals surface area (Å²) in [5.74, 6) is -0.267. The number of nitrogens with zero attached hydrogens (tertiary/aromatic N) is 1. The molecule has 0 saturated carbocycles. The Morgan fingerprint density at radius 3 is 2.71 bits per heavy atom. The van der Waals surface area contributed by atoms with E-state index in [9.17, 15) is 9.59 Å². The van der Waals surface area contributed by atoms with Gasteiger partial charge in [0.2, 0.25) is 5.91 Å². The number of allylic oxidation sites excluding steroid dienone is 2. The maximum absolute atomic E-state index is 12.8. The molecule has 0 fully saturated rings. The third kappa shape index (κ3) is 4.66. The van der Waals surface area contributed by atoms with Crippen LogP contribution in [-0.2, 0) is 4.79 Å². The van der Waals surface area contributed by atoms with Crippen molar-refractivity contribution in [1.29, 1.82) is 0 Å². The van der Waals surface area contributed by atoms with Gasteiger partial charge in [-0.3, -0.25) is 9.59 Å². The topological polar surface area (TPSA) is 86.9 Å². The fraction of sp³-hybridized carbons (Fsp3) is 0.292. The second-order valence-corrected chi connectivity index (χ2v) is 10.0. The summed E-state index contributed by atoms with van der Waals surface area (Å²) in [6, 6.07) is 9.21. The van der Waals surface area contributed by atoms with Crippen LogP contribution in [0.4, 0.5) is 11.4 Å². The Balaban J connectivity index is 1.44. The van der Waals surface area contributed by atoms with Gasteiger partial charge in [0.05, 0.1) is 10.8 Å². The summed E-state index contributed by atoms with van der Waals surface area (Å²) in [5.41, 5.74) is 3.50. The number of hydrogen-bond donors (Lipinski definition) is 3. The number of nitrogens with one attached hydrogen (secondary N) is 3. The second kappa shape index (κ2) is 8.23.